The maximum absolute atomic E-state index is 12.8. The van der Waals surface area contributed by atoms with Crippen LogP contribution in [-0.4, -0.2) is 52.9 Å². The number of aryl methyl sites for hydroxylation is 1. The molecule has 2 aromatic rings. The number of carbonyl (C=O) groups is 2. The average Bonchev–Trinajstić information content (AvgIpc) is 3.34. The van der Waals surface area contributed by atoms with Crippen molar-refractivity contribution in [3.8, 4) is 0 Å². The summed E-state index contributed by atoms with van der Waals surface area (Å²) in [7, 11) is 1.82. The van der Waals surface area contributed by atoms with Gasteiger partial charge in [-0.2, -0.15) is 4.37 Å². The number of piperidine rings is 1. The van der Waals surface area contributed by atoms with Gasteiger partial charge in [-0.25, -0.2) is 4.79 Å². The predicted octanol–water partition coefficient (Wildman–Crippen LogP) is 2.84. The molecule has 8 heteroatoms. The molecule has 30 heavy (non-hydrogen) atoms. The summed E-state index contributed by atoms with van der Waals surface area (Å²) in [6.45, 7) is 6.19. The van der Waals surface area contributed by atoms with Crippen molar-refractivity contribution in [2.24, 2.45) is 5.92 Å². The number of cyclic esters (lactones) is 1. The van der Waals surface area contributed by atoms with Gasteiger partial charge < -0.3 is 19.6 Å². The number of hydrogen-bond acceptors (Lipinski definition) is 7. The number of likely N-dealkylation sites (tertiary alicyclic amines) is 1. The van der Waals surface area contributed by atoms with E-state index in [1.807, 2.05) is 33.0 Å². The molecular formula is C22H27N3O4S. The number of anilines is 1. The lowest BCUT2D eigenvalue weighted by Gasteiger charge is -2.34. The second-order valence-corrected chi connectivity index (χ2v) is 8.96. The van der Waals surface area contributed by atoms with Crippen molar-refractivity contribution in [3.05, 3.63) is 46.1 Å². The molecule has 1 N–H and O–H groups in total. The Hall–Kier alpha value is -2.29. The number of aliphatic hydroxyl groups excluding tert-OH is 1. The third-order valence-corrected chi connectivity index (χ3v) is 7.17. The summed E-state index contributed by atoms with van der Waals surface area (Å²) in [5, 5.41) is 11.7. The minimum atomic E-state index is -0.638. The van der Waals surface area contributed by atoms with Crippen molar-refractivity contribution >= 4 is 28.4 Å². The molecule has 3 heterocycles. The number of amides is 1. The molecule has 1 atom stereocenters. The highest BCUT2D eigenvalue weighted by atomic mass is 32.1. The third-order valence-electron chi connectivity index (χ3n) is 6.21. The highest BCUT2D eigenvalue weighted by Crippen LogP contribution is 2.31. The number of β-amino-alcohol motifs (C(OH)–C–C–N with tert-alkyl or cyclic N) is 1. The zero-order chi connectivity index (χ0) is 21.4. The molecule has 0 radical (unpaired) electrons. The zero-order valence-electron chi connectivity index (χ0n) is 17.6. The Kier molecular flexibility index (Phi) is 5.90. The second-order valence-electron chi connectivity index (χ2n) is 8.18. The largest absolute Gasteiger partial charge is 0.457 e. The van der Waals surface area contributed by atoms with Gasteiger partial charge in [0.25, 0.3) is 0 Å². The first kappa shape index (κ1) is 21.0. The molecule has 1 amide bonds. The monoisotopic (exact) mass is 429 g/mol. The maximum atomic E-state index is 12.8. The topological polar surface area (TPSA) is 83.0 Å². The van der Waals surface area contributed by atoms with Crippen LogP contribution in [0.25, 0.3) is 0 Å². The first-order valence-electron chi connectivity index (χ1n) is 10.3. The van der Waals surface area contributed by atoms with Crippen LogP contribution in [0.4, 0.5) is 5.00 Å². The van der Waals surface area contributed by atoms with Gasteiger partial charge in [0, 0.05) is 25.1 Å². The van der Waals surface area contributed by atoms with Crippen molar-refractivity contribution in [3.63, 3.8) is 0 Å². The number of benzene rings is 1. The molecule has 2 aliphatic rings. The summed E-state index contributed by atoms with van der Waals surface area (Å²) >= 11 is 1.35. The molecule has 1 aromatic carbocycles. The summed E-state index contributed by atoms with van der Waals surface area (Å²) in [6.07, 6.45) is 0.916. The minimum absolute atomic E-state index is 0.00399. The summed E-state index contributed by atoms with van der Waals surface area (Å²) in [5.74, 6) is -0.159. The molecule has 7 nitrogen and oxygen atoms in total. The van der Waals surface area contributed by atoms with E-state index in [4.69, 9.17) is 4.74 Å². The SMILES string of the molecule is Cc1cc(N(C)C(=O)C2CCN(CC(O)c3ccc4c(c3C)COC4=O)CC2)sn1. The fourth-order valence-corrected chi connectivity index (χ4v) is 5.05. The number of hydrogen-bond donors (Lipinski definition) is 1. The number of aromatic nitrogens is 1. The Morgan fingerprint density at radius 2 is 2.10 bits per heavy atom. The van der Waals surface area contributed by atoms with E-state index in [9.17, 15) is 14.7 Å². The van der Waals surface area contributed by atoms with Crippen LogP contribution in [0.15, 0.2) is 18.2 Å². The average molecular weight is 430 g/mol. The third kappa shape index (κ3) is 3.99. The molecule has 0 aliphatic carbocycles. The van der Waals surface area contributed by atoms with Gasteiger partial charge in [0.05, 0.1) is 17.4 Å². The minimum Gasteiger partial charge on any atom is -0.457 e. The van der Waals surface area contributed by atoms with Crippen molar-refractivity contribution < 1.29 is 19.4 Å². The van der Waals surface area contributed by atoms with Gasteiger partial charge in [-0.15, -0.1) is 0 Å². The van der Waals surface area contributed by atoms with Gasteiger partial charge >= 0.3 is 5.97 Å². The normalized spacial score (nSPS) is 18.2. The van der Waals surface area contributed by atoms with Crippen molar-refractivity contribution in [2.75, 3.05) is 31.6 Å². The van der Waals surface area contributed by atoms with Crippen LogP contribution in [0.5, 0.6) is 0 Å². The predicted molar refractivity (Wildman–Crippen MR) is 115 cm³/mol. The summed E-state index contributed by atoms with van der Waals surface area (Å²) in [4.78, 5) is 28.5. The summed E-state index contributed by atoms with van der Waals surface area (Å²) in [6, 6.07) is 5.51. The second kappa shape index (κ2) is 8.45. The molecule has 4 rings (SSSR count). The highest BCUT2D eigenvalue weighted by molar-refractivity contribution is 7.10. The molecule has 1 aromatic heterocycles. The van der Waals surface area contributed by atoms with Gasteiger partial charge in [0.15, 0.2) is 0 Å². The van der Waals surface area contributed by atoms with Gasteiger partial charge in [0.2, 0.25) is 5.91 Å². The molecular weight excluding hydrogens is 402 g/mol. The fourth-order valence-electron chi connectivity index (χ4n) is 4.32. The Morgan fingerprint density at radius 1 is 1.37 bits per heavy atom. The van der Waals surface area contributed by atoms with Crippen molar-refractivity contribution in [1.82, 2.24) is 9.27 Å². The number of esters is 1. The smallest absolute Gasteiger partial charge is 0.338 e. The number of nitrogens with zero attached hydrogens (tertiary/aromatic N) is 3. The Bertz CT molecular complexity index is 965. The van der Waals surface area contributed by atoms with Crippen LogP contribution in [-0.2, 0) is 16.1 Å². The first-order valence-corrected chi connectivity index (χ1v) is 11.0. The first-order chi connectivity index (χ1) is 14.3. The van der Waals surface area contributed by atoms with E-state index in [1.165, 1.54) is 11.5 Å². The Balaban J connectivity index is 1.34. The maximum Gasteiger partial charge on any atom is 0.338 e. The lowest BCUT2D eigenvalue weighted by atomic mass is 9.93. The number of ether oxygens (including phenoxy) is 1. The zero-order valence-corrected chi connectivity index (χ0v) is 18.4. The Labute approximate surface area is 180 Å². The quantitative estimate of drug-likeness (QED) is 0.736. The lowest BCUT2D eigenvalue weighted by Crippen LogP contribution is -2.42. The number of fused-ring (bicyclic) bond motifs is 1. The van der Waals surface area contributed by atoms with E-state index in [0.717, 1.165) is 53.3 Å². The molecule has 0 bridgehead atoms. The molecule has 1 unspecified atom stereocenters. The highest BCUT2D eigenvalue weighted by Gasteiger charge is 2.30. The summed E-state index contributed by atoms with van der Waals surface area (Å²) in [5.41, 5.74) is 4.17. The molecule has 0 spiro atoms. The summed E-state index contributed by atoms with van der Waals surface area (Å²) < 4.78 is 9.36. The van der Waals surface area contributed by atoms with E-state index < -0.39 is 6.10 Å². The van der Waals surface area contributed by atoms with E-state index in [-0.39, 0.29) is 24.4 Å². The van der Waals surface area contributed by atoms with Crippen LogP contribution in [0.2, 0.25) is 0 Å². The molecule has 160 valence electrons. The Morgan fingerprint density at radius 3 is 2.77 bits per heavy atom. The standard InChI is InChI=1S/C22H27N3O4S/c1-13-10-20(30-23-13)24(3)21(27)15-6-8-25(9-7-15)11-19(26)16-4-5-17-18(14(16)2)12-29-22(17)28/h4-5,10,15,19,26H,6-9,11-12H2,1-3H3. The van der Waals surface area contributed by atoms with Gasteiger partial charge in [-0.1, -0.05) is 6.07 Å². The van der Waals surface area contributed by atoms with E-state index >= 15 is 0 Å². The number of carbonyl (C=O) groups excluding carboxylic acids is 2. The van der Waals surface area contributed by atoms with Crippen LogP contribution < -0.4 is 4.90 Å². The lowest BCUT2D eigenvalue weighted by molar-refractivity contribution is -0.123. The fraction of sp³-hybridized carbons (Fsp3) is 0.500. The van der Waals surface area contributed by atoms with E-state index in [0.29, 0.717) is 12.1 Å². The van der Waals surface area contributed by atoms with Crippen molar-refractivity contribution in [2.45, 2.75) is 39.4 Å². The van der Waals surface area contributed by atoms with E-state index in [2.05, 4.69) is 9.27 Å². The van der Waals surface area contributed by atoms with E-state index in [1.54, 1.807) is 11.0 Å². The van der Waals surface area contributed by atoms with Crippen LogP contribution >= 0.6 is 11.5 Å². The number of aliphatic hydroxyl groups is 1. The van der Waals surface area contributed by atoms with Crippen LogP contribution in [0, 0.1) is 19.8 Å². The number of rotatable bonds is 5. The van der Waals surface area contributed by atoms with Crippen LogP contribution in [0.3, 0.4) is 0 Å². The van der Waals surface area contributed by atoms with Gasteiger partial charge in [-0.05, 0) is 74.6 Å². The molecule has 1 saturated heterocycles. The van der Waals surface area contributed by atoms with Crippen molar-refractivity contribution in [1.29, 1.82) is 0 Å². The van der Waals surface area contributed by atoms with Crippen LogP contribution in [0.1, 0.15) is 51.7 Å². The molecule has 2 aliphatic heterocycles. The molecule has 1 fully saturated rings. The molecule has 0 saturated carbocycles. The van der Waals surface area contributed by atoms with Gasteiger partial charge in [-0.3, -0.25) is 4.79 Å². The van der Waals surface area contributed by atoms with Gasteiger partial charge in [0.1, 0.15) is 11.6 Å².